The van der Waals surface area contributed by atoms with Crippen LogP contribution in [0.3, 0.4) is 0 Å². The Hall–Kier alpha value is -1.84. The molecule has 1 aromatic carbocycles. The first-order valence-corrected chi connectivity index (χ1v) is 4.95. The third kappa shape index (κ3) is 1.30. The van der Waals surface area contributed by atoms with Crippen molar-refractivity contribution in [1.82, 2.24) is 0 Å². The van der Waals surface area contributed by atoms with E-state index in [1.165, 1.54) is 18.2 Å². The first-order valence-electron chi connectivity index (χ1n) is 4.95. The SMILES string of the molecule is C#C[C@](O)(c1cccc(F)c1)C1(C#N)CC1. The molecule has 0 amide bonds. The highest BCUT2D eigenvalue weighted by Gasteiger charge is 2.60. The second-order valence-electron chi connectivity index (χ2n) is 4.06. The summed E-state index contributed by atoms with van der Waals surface area (Å²) in [7, 11) is 0. The zero-order chi connectivity index (χ0) is 11.8. The molecule has 3 heteroatoms. The Balaban J connectivity index is 2.53. The van der Waals surface area contributed by atoms with Crippen molar-refractivity contribution in [2.75, 3.05) is 0 Å². The van der Waals surface area contributed by atoms with Gasteiger partial charge in [-0.15, -0.1) is 6.42 Å². The lowest BCUT2D eigenvalue weighted by atomic mass is 9.80. The number of hydrogen-bond acceptors (Lipinski definition) is 2. The van der Waals surface area contributed by atoms with Crippen LogP contribution in [0.25, 0.3) is 0 Å². The van der Waals surface area contributed by atoms with Crippen LogP contribution < -0.4 is 0 Å². The third-order valence-corrected chi connectivity index (χ3v) is 3.11. The topological polar surface area (TPSA) is 44.0 Å². The average Bonchev–Trinajstić information content (AvgIpc) is 3.09. The van der Waals surface area contributed by atoms with Crippen LogP contribution in [0, 0.1) is 34.9 Å². The predicted octanol–water partition coefficient (Wildman–Crippen LogP) is 1.95. The Labute approximate surface area is 93.3 Å². The van der Waals surface area contributed by atoms with Crippen LogP contribution in [0.2, 0.25) is 0 Å². The molecular weight excluding hydrogens is 205 g/mol. The van der Waals surface area contributed by atoms with E-state index < -0.39 is 16.8 Å². The van der Waals surface area contributed by atoms with Gasteiger partial charge in [0.05, 0.1) is 6.07 Å². The molecule has 1 N–H and O–H groups in total. The van der Waals surface area contributed by atoms with E-state index in [4.69, 9.17) is 11.7 Å². The lowest BCUT2D eigenvalue weighted by molar-refractivity contribution is 0.0455. The molecule has 0 unspecified atom stereocenters. The van der Waals surface area contributed by atoms with E-state index in [2.05, 4.69) is 5.92 Å². The normalized spacial score (nSPS) is 20.2. The van der Waals surface area contributed by atoms with Crippen LogP contribution in [0.15, 0.2) is 24.3 Å². The van der Waals surface area contributed by atoms with Crippen LogP contribution in [-0.2, 0) is 5.60 Å². The van der Waals surface area contributed by atoms with Gasteiger partial charge in [-0.1, -0.05) is 18.1 Å². The number of terminal acetylenes is 1. The van der Waals surface area contributed by atoms with Crippen LogP contribution >= 0.6 is 0 Å². The molecule has 2 nitrogen and oxygen atoms in total. The number of rotatable bonds is 2. The van der Waals surface area contributed by atoms with Crippen LogP contribution in [0.4, 0.5) is 4.39 Å². The second-order valence-corrected chi connectivity index (χ2v) is 4.06. The number of aliphatic hydroxyl groups is 1. The van der Waals surface area contributed by atoms with Gasteiger partial charge >= 0.3 is 0 Å². The maximum absolute atomic E-state index is 13.1. The van der Waals surface area contributed by atoms with Gasteiger partial charge in [-0.3, -0.25) is 0 Å². The highest BCUT2D eigenvalue weighted by atomic mass is 19.1. The Morgan fingerprint density at radius 1 is 1.50 bits per heavy atom. The molecule has 1 fully saturated rings. The smallest absolute Gasteiger partial charge is 0.169 e. The van der Waals surface area contributed by atoms with Gasteiger partial charge in [-0.2, -0.15) is 5.26 Å². The molecule has 1 aliphatic carbocycles. The summed E-state index contributed by atoms with van der Waals surface area (Å²) >= 11 is 0. The van der Waals surface area contributed by atoms with Gasteiger partial charge in [0.2, 0.25) is 0 Å². The minimum absolute atomic E-state index is 0.272. The summed E-state index contributed by atoms with van der Waals surface area (Å²) in [6.07, 6.45) is 6.40. The zero-order valence-electron chi connectivity index (χ0n) is 8.57. The fourth-order valence-corrected chi connectivity index (χ4v) is 1.89. The number of nitrogens with zero attached hydrogens (tertiary/aromatic N) is 1. The van der Waals surface area contributed by atoms with Gasteiger partial charge in [0.15, 0.2) is 5.60 Å². The first-order chi connectivity index (χ1) is 7.58. The van der Waals surface area contributed by atoms with Crippen molar-refractivity contribution in [2.45, 2.75) is 18.4 Å². The Morgan fingerprint density at radius 2 is 2.19 bits per heavy atom. The van der Waals surface area contributed by atoms with Gasteiger partial charge in [0.25, 0.3) is 0 Å². The molecule has 16 heavy (non-hydrogen) atoms. The molecule has 1 saturated carbocycles. The van der Waals surface area contributed by atoms with E-state index in [-0.39, 0.29) is 5.56 Å². The summed E-state index contributed by atoms with van der Waals surface area (Å²) in [6, 6.07) is 7.51. The van der Waals surface area contributed by atoms with E-state index in [9.17, 15) is 9.50 Å². The van der Waals surface area contributed by atoms with Gasteiger partial charge < -0.3 is 5.11 Å². The van der Waals surface area contributed by atoms with E-state index in [0.29, 0.717) is 12.8 Å². The highest BCUT2D eigenvalue weighted by Crippen LogP contribution is 2.57. The van der Waals surface area contributed by atoms with Crippen molar-refractivity contribution in [2.24, 2.45) is 5.41 Å². The molecule has 0 aliphatic heterocycles. The molecule has 0 aromatic heterocycles. The number of benzene rings is 1. The fraction of sp³-hybridized carbons (Fsp3) is 0.308. The minimum Gasteiger partial charge on any atom is -0.372 e. The number of halogens is 1. The van der Waals surface area contributed by atoms with Crippen molar-refractivity contribution >= 4 is 0 Å². The summed E-state index contributed by atoms with van der Waals surface area (Å²) in [5, 5.41) is 19.4. The van der Waals surface area contributed by atoms with Crippen LogP contribution in [0.1, 0.15) is 18.4 Å². The summed E-state index contributed by atoms with van der Waals surface area (Å²) in [4.78, 5) is 0. The molecule has 0 bridgehead atoms. The average molecular weight is 215 g/mol. The van der Waals surface area contributed by atoms with Crippen molar-refractivity contribution in [3.05, 3.63) is 35.6 Å². The zero-order valence-corrected chi connectivity index (χ0v) is 8.57. The molecule has 0 heterocycles. The van der Waals surface area contributed by atoms with Gasteiger partial charge in [0, 0.05) is 5.56 Å². The summed E-state index contributed by atoms with van der Waals surface area (Å²) in [5.74, 6) is 1.77. The Kier molecular flexibility index (Phi) is 2.22. The highest BCUT2D eigenvalue weighted by molar-refractivity contribution is 5.40. The van der Waals surface area contributed by atoms with Crippen LogP contribution in [-0.4, -0.2) is 5.11 Å². The monoisotopic (exact) mass is 215 g/mol. The number of nitriles is 1. The molecular formula is C13H10FNO. The van der Waals surface area contributed by atoms with Gasteiger partial charge in [0.1, 0.15) is 11.2 Å². The van der Waals surface area contributed by atoms with E-state index in [0.717, 1.165) is 0 Å². The van der Waals surface area contributed by atoms with Crippen molar-refractivity contribution in [1.29, 1.82) is 5.26 Å². The molecule has 0 spiro atoms. The Bertz CT molecular complexity index is 507. The van der Waals surface area contributed by atoms with E-state index >= 15 is 0 Å². The van der Waals surface area contributed by atoms with Crippen molar-refractivity contribution < 1.29 is 9.50 Å². The largest absolute Gasteiger partial charge is 0.372 e. The van der Waals surface area contributed by atoms with Crippen LogP contribution in [0.5, 0.6) is 0 Å². The molecule has 2 rings (SSSR count). The lowest BCUT2D eigenvalue weighted by Crippen LogP contribution is -2.34. The second kappa shape index (κ2) is 3.33. The third-order valence-electron chi connectivity index (χ3n) is 3.11. The quantitative estimate of drug-likeness (QED) is 0.766. The molecule has 1 aliphatic rings. The number of hydrogen-bond donors (Lipinski definition) is 1. The summed E-state index contributed by atoms with van der Waals surface area (Å²) in [6.45, 7) is 0. The van der Waals surface area contributed by atoms with Gasteiger partial charge in [-0.25, -0.2) is 4.39 Å². The molecule has 0 saturated heterocycles. The standard InChI is InChI=1S/C13H10FNO/c1-2-13(16,12(9-15)6-7-12)10-4-3-5-11(14)8-10/h1,3-5,8,16H,6-7H2/t13-/m0/s1. The molecule has 1 aromatic rings. The van der Waals surface area contributed by atoms with Gasteiger partial charge in [-0.05, 0) is 25.0 Å². The minimum atomic E-state index is -1.69. The lowest BCUT2D eigenvalue weighted by Gasteiger charge is -2.27. The molecule has 80 valence electrons. The first kappa shape index (κ1) is 10.7. The Morgan fingerprint density at radius 3 is 2.62 bits per heavy atom. The van der Waals surface area contributed by atoms with E-state index in [1.807, 2.05) is 6.07 Å². The summed E-state index contributed by atoms with van der Waals surface area (Å²) in [5.41, 5.74) is -2.37. The molecule has 1 atom stereocenters. The predicted molar refractivity (Wildman–Crippen MR) is 56.4 cm³/mol. The van der Waals surface area contributed by atoms with E-state index in [1.54, 1.807) is 6.07 Å². The fourth-order valence-electron chi connectivity index (χ4n) is 1.89. The maximum Gasteiger partial charge on any atom is 0.169 e. The van der Waals surface area contributed by atoms with Crippen molar-refractivity contribution in [3.8, 4) is 18.4 Å². The van der Waals surface area contributed by atoms with Crippen molar-refractivity contribution in [3.63, 3.8) is 0 Å². The maximum atomic E-state index is 13.1. The molecule has 0 radical (unpaired) electrons. The summed E-state index contributed by atoms with van der Waals surface area (Å²) < 4.78 is 13.1.